The summed E-state index contributed by atoms with van der Waals surface area (Å²) < 4.78 is 31.4. The van der Waals surface area contributed by atoms with Crippen LogP contribution < -0.4 is 5.32 Å². The molecule has 0 heterocycles. The van der Waals surface area contributed by atoms with Crippen LogP contribution in [0.2, 0.25) is 0 Å². The summed E-state index contributed by atoms with van der Waals surface area (Å²) in [4.78, 5) is 23.5. The fourth-order valence-electron chi connectivity index (χ4n) is 2.22. The van der Waals surface area contributed by atoms with Gasteiger partial charge in [-0.1, -0.05) is 19.9 Å². The van der Waals surface area contributed by atoms with E-state index in [4.69, 9.17) is 4.74 Å². The Morgan fingerprint density at radius 1 is 1.15 bits per heavy atom. The second-order valence-corrected chi connectivity index (χ2v) is 8.34. The van der Waals surface area contributed by atoms with Gasteiger partial charge in [0, 0.05) is 18.8 Å². The Balaban J connectivity index is 2.82. The third-order valence-electron chi connectivity index (χ3n) is 3.58. The van der Waals surface area contributed by atoms with Crippen LogP contribution in [-0.2, 0) is 24.3 Å². The summed E-state index contributed by atoms with van der Waals surface area (Å²) in [6.07, 6.45) is 0. The average molecular weight is 403 g/mol. The summed E-state index contributed by atoms with van der Waals surface area (Å²) in [5.74, 6) is -0.504. The molecule has 0 atom stereocenters. The lowest BCUT2D eigenvalue weighted by Gasteiger charge is -2.19. The number of ether oxygens (including phenoxy) is 1. The molecule has 0 fully saturated rings. The number of carbonyl (C=O) groups excluding carboxylic acids is 2. The number of nitrogens with one attached hydrogen (secondary N) is 1. The van der Waals surface area contributed by atoms with E-state index in [9.17, 15) is 18.0 Å². The summed E-state index contributed by atoms with van der Waals surface area (Å²) in [7, 11) is -3.60. The summed E-state index contributed by atoms with van der Waals surface area (Å²) >= 11 is 1.14. The van der Waals surface area contributed by atoms with Gasteiger partial charge < -0.3 is 10.1 Å². The number of hydrogen-bond donors (Lipinski definition) is 1. The van der Waals surface area contributed by atoms with Gasteiger partial charge in [0.25, 0.3) is 0 Å². The summed E-state index contributed by atoms with van der Waals surface area (Å²) in [5, 5.41) is 2.71. The first-order valence-corrected chi connectivity index (χ1v) is 11.0. The Morgan fingerprint density at radius 2 is 1.81 bits per heavy atom. The number of nitrogens with zero attached hydrogens (tertiary/aromatic N) is 1. The van der Waals surface area contributed by atoms with Crippen molar-refractivity contribution in [1.82, 2.24) is 4.31 Å². The quantitative estimate of drug-likeness (QED) is 0.604. The Bertz CT molecular complexity index is 731. The Kier molecular flexibility index (Phi) is 9.11. The molecule has 0 aliphatic carbocycles. The molecule has 0 aliphatic heterocycles. The highest BCUT2D eigenvalue weighted by atomic mass is 32.2. The molecule has 1 aromatic rings. The summed E-state index contributed by atoms with van der Waals surface area (Å²) in [6, 6.07) is 4.67. The molecule has 1 aromatic carbocycles. The van der Waals surface area contributed by atoms with Crippen molar-refractivity contribution in [2.45, 2.75) is 32.6 Å². The number of thioether (sulfide) groups is 1. The molecular formula is C17H26N2O5S2. The van der Waals surface area contributed by atoms with Gasteiger partial charge in [-0.2, -0.15) is 4.31 Å². The van der Waals surface area contributed by atoms with E-state index in [-0.39, 0.29) is 28.3 Å². The van der Waals surface area contributed by atoms with Crippen LogP contribution >= 0.6 is 11.8 Å². The molecule has 0 radical (unpaired) electrons. The molecule has 9 heteroatoms. The Morgan fingerprint density at radius 3 is 2.38 bits per heavy atom. The van der Waals surface area contributed by atoms with Gasteiger partial charge in [0.15, 0.2) is 0 Å². The predicted molar refractivity (Wildman–Crippen MR) is 104 cm³/mol. The van der Waals surface area contributed by atoms with Crippen molar-refractivity contribution in [2.24, 2.45) is 0 Å². The lowest BCUT2D eigenvalue weighted by atomic mass is 10.2. The molecule has 0 saturated heterocycles. The van der Waals surface area contributed by atoms with Crippen molar-refractivity contribution in [3.8, 4) is 0 Å². The van der Waals surface area contributed by atoms with Crippen LogP contribution in [0.5, 0.6) is 0 Å². The van der Waals surface area contributed by atoms with Crippen LogP contribution in [0.3, 0.4) is 0 Å². The van der Waals surface area contributed by atoms with Crippen molar-refractivity contribution >= 4 is 39.3 Å². The van der Waals surface area contributed by atoms with E-state index < -0.39 is 10.0 Å². The minimum atomic E-state index is -3.60. The normalized spacial score (nSPS) is 11.4. The van der Waals surface area contributed by atoms with E-state index >= 15 is 0 Å². The number of carbonyl (C=O) groups is 2. The number of esters is 1. The van der Waals surface area contributed by atoms with Crippen molar-refractivity contribution in [1.29, 1.82) is 0 Å². The molecule has 146 valence electrons. The van der Waals surface area contributed by atoms with Gasteiger partial charge in [-0.3, -0.25) is 9.59 Å². The first kappa shape index (κ1) is 22.5. The fourth-order valence-corrected chi connectivity index (χ4v) is 4.32. The van der Waals surface area contributed by atoms with Gasteiger partial charge in [0.05, 0.1) is 23.0 Å². The van der Waals surface area contributed by atoms with Crippen LogP contribution in [-0.4, -0.2) is 55.8 Å². The topological polar surface area (TPSA) is 92.8 Å². The van der Waals surface area contributed by atoms with Crippen LogP contribution in [0.15, 0.2) is 23.1 Å². The minimum Gasteiger partial charge on any atom is -0.465 e. The first-order chi connectivity index (χ1) is 12.3. The molecule has 1 rings (SSSR count). The standard InChI is InChI=1S/C17H26N2O5S2/c1-5-19(6-2)26(22,23)14-9-8-13(4)15(10-14)18-16(20)11-25-12-17(21)24-7-3/h8-10H,5-7,11-12H2,1-4H3,(H,18,20). The molecule has 0 spiro atoms. The number of aryl methyl sites for hydroxylation is 1. The third kappa shape index (κ3) is 6.30. The highest BCUT2D eigenvalue weighted by Gasteiger charge is 2.22. The molecule has 0 bridgehead atoms. The van der Waals surface area contributed by atoms with Crippen LogP contribution in [0, 0.1) is 6.92 Å². The number of hydrogen-bond acceptors (Lipinski definition) is 6. The maximum Gasteiger partial charge on any atom is 0.315 e. The number of benzene rings is 1. The zero-order chi connectivity index (χ0) is 19.7. The predicted octanol–water partition coefficient (Wildman–Crippen LogP) is 2.26. The van der Waals surface area contributed by atoms with Gasteiger partial charge in [-0.25, -0.2) is 8.42 Å². The maximum absolute atomic E-state index is 12.6. The van der Waals surface area contributed by atoms with Crippen molar-refractivity contribution in [3.05, 3.63) is 23.8 Å². The SMILES string of the molecule is CCOC(=O)CSCC(=O)Nc1cc(S(=O)(=O)N(CC)CC)ccc1C. The number of amides is 1. The van der Waals surface area contributed by atoms with E-state index in [1.165, 1.54) is 16.4 Å². The van der Waals surface area contributed by atoms with Gasteiger partial charge in [-0.15, -0.1) is 11.8 Å². The zero-order valence-corrected chi connectivity index (χ0v) is 17.2. The van der Waals surface area contributed by atoms with E-state index in [0.29, 0.717) is 25.4 Å². The summed E-state index contributed by atoms with van der Waals surface area (Å²) in [5.41, 5.74) is 1.20. The smallest absolute Gasteiger partial charge is 0.315 e. The highest BCUT2D eigenvalue weighted by molar-refractivity contribution is 8.00. The first-order valence-electron chi connectivity index (χ1n) is 8.40. The number of rotatable bonds is 10. The fraction of sp³-hybridized carbons (Fsp3) is 0.529. The molecule has 0 aliphatic rings. The van der Waals surface area contributed by atoms with Gasteiger partial charge >= 0.3 is 5.97 Å². The number of anilines is 1. The molecule has 1 N–H and O–H groups in total. The Labute approximate surface area is 159 Å². The van der Waals surface area contributed by atoms with Crippen LogP contribution in [0.4, 0.5) is 5.69 Å². The molecule has 26 heavy (non-hydrogen) atoms. The minimum absolute atomic E-state index is 0.0747. The second-order valence-electron chi connectivity index (χ2n) is 5.41. The molecule has 0 aromatic heterocycles. The average Bonchev–Trinajstić information content (AvgIpc) is 2.57. The van der Waals surface area contributed by atoms with E-state index in [1.807, 2.05) is 0 Å². The number of sulfonamides is 1. The summed E-state index contributed by atoms with van der Waals surface area (Å²) in [6.45, 7) is 8.11. The maximum atomic E-state index is 12.6. The van der Waals surface area contributed by atoms with Crippen molar-refractivity contribution < 1.29 is 22.7 Å². The highest BCUT2D eigenvalue weighted by Crippen LogP contribution is 2.23. The zero-order valence-electron chi connectivity index (χ0n) is 15.6. The van der Waals surface area contributed by atoms with Crippen molar-refractivity contribution in [2.75, 3.05) is 36.5 Å². The van der Waals surface area contributed by atoms with Crippen molar-refractivity contribution in [3.63, 3.8) is 0 Å². The largest absolute Gasteiger partial charge is 0.465 e. The van der Waals surface area contributed by atoms with E-state index in [0.717, 1.165) is 17.3 Å². The monoisotopic (exact) mass is 402 g/mol. The van der Waals surface area contributed by atoms with E-state index in [2.05, 4.69) is 5.32 Å². The molecule has 0 unspecified atom stereocenters. The third-order valence-corrected chi connectivity index (χ3v) is 6.54. The van der Waals surface area contributed by atoms with Crippen LogP contribution in [0.1, 0.15) is 26.3 Å². The van der Waals surface area contributed by atoms with Gasteiger partial charge in [0.2, 0.25) is 15.9 Å². The molecule has 0 saturated carbocycles. The molecule has 1 amide bonds. The van der Waals surface area contributed by atoms with Gasteiger partial charge in [0.1, 0.15) is 0 Å². The lowest BCUT2D eigenvalue weighted by molar-refractivity contribution is -0.139. The molecule has 7 nitrogen and oxygen atoms in total. The van der Waals surface area contributed by atoms with E-state index in [1.54, 1.807) is 33.8 Å². The van der Waals surface area contributed by atoms with Crippen LogP contribution in [0.25, 0.3) is 0 Å². The van der Waals surface area contributed by atoms with Gasteiger partial charge in [-0.05, 0) is 31.5 Å². The second kappa shape index (κ2) is 10.5. The molecular weight excluding hydrogens is 376 g/mol. The Hall–Kier alpha value is -1.58. The lowest BCUT2D eigenvalue weighted by Crippen LogP contribution is -2.30.